The molecule has 0 aromatic heterocycles. The van der Waals surface area contributed by atoms with Crippen molar-refractivity contribution in [2.24, 2.45) is 23.7 Å². The van der Waals surface area contributed by atoms with Crippen molar-refractivity contribution in [3.63, 3.8) is 0 Å². The summed E-state index contributed by atoms with van der Waals surface area (Å²) in [4.78, 5) is 26.6. The lowest BCUT2D eigenvalue weighted by molar-refractivity contribution is -0.265. The molecule has 7 unspecified atom stereocenters. The number of carbonyl (C=O) groups excluding carboxylic acids is 2. The third-order valence-corrected chi connectivity index (χ3v) is 10.7. The van der Waals surface area contributed by atoms with Gasteiger partial charge < -0.3 is 14.2 Å². The number of rotatable bonds is 5. The van der Waals surface area contributed by atoms with Crippen LogP contribution in [0.1, 0.15) is 94.5 Å². The van der Waals surface area contributed by atoms with Crippen molar-refractivity contribution in [2.45, 2.75) is 109 Å². The van der Waals surface area contributed by atoms with E-state index in [9.17, 15) is 9.59 Å². The van der Waals surface area contributed by atoms with Crippen LogP contribution in [0.25, 0.3) is 10.8 Å². The standard InChI is InChI=1S/C33H42O5/c1-5-28(34)36-27-19-33(23-12-7-6-8-13-23)30(29-20(2)15-18-26(29)32(27,4)38-33)37-31(35)25-17-16-22-11-9-10-14-24(22)21(25)3/h9-11,14,16-17,20,23,26-27,29-30H,5-8,12-13,15,18-19H2,1-4H3. The number of carbonyl (C=O) groups is 2. The summed E-state index contributed by atoms with van der Waals surface area (Å²) in [5.74, 6) is 0.682. The molecule has 4 fully saturated rings. The van der Waals surface area contributed by atoms with E-state index >= 15 is 0 Å². The third kappa shape index (κ3) is 3.91. The second-order valence-electron chi connectivity index (χ2n) is 12.6. The Morgan fingerprint density at radius 1 is 1.00 bits per heavy atom. The van der Waals surface area contributed by atoms with Gasteiger partial charge in [-0.1, -0.05) is 63.4 Å². The van der Waals surface area contributed by atoms with Gasteiger partial charge in [0.25, 0.3) is 0 Å². The highest BCUT2D eigenvalue weighted by Gasteiger charge is 2.73. The van der Waals surface area contributed by atoms with E-state index in [0.717, 1.165) is 42.0 Å². The van der Waals surface area contributed by atoms with E-state index in [4.69, 9.17) is 14.2 Å². The maximum absolute atomic E-state index is 14.0. The van der Waals surface area contributed by atoms with Crippen molar-refractivity contribution < 1.29 is 23.8 Å². The average molecular weight is 519 g/mol. The van der Waals surface area contributed by atoms with E-state index in [2.05, 4.69) is 26.0 Å². The number of hydrogen-bond donors (Lipinski definition) is 0. The summed E-state index contributed by atoms with van der Waals surface area (Å²) in [6, 6.07) is 12.1. The maximum Gasteiger partial charge on any atom is 0.338 e. The summed E-state index contributed by atoms with van der Waals surface area (Å²) in [6.07, 6.45) is 8.12. The second kappa shape index (κ2) is 9.66. The van der Waals surface area contributed by atoms with Crippen molar-refractivity contribution in [1.82, 2.24) is 0 Å². The summed E-state index contributed by atoms with van der Waals surface area (Å²) in [5.41, 5.74) is 0.427. The van der Waals surface area contributed by atoms with Crippen LogP contribution in [-0.2, 0) is 19.0 Å². The van der Waals surface area contributed by atoms with Gasteiger partial charge in [0.2, 0.25) is 0 Å². The van der Waals surface area contributed by atoms with Gasteiger partial charge in [-0.15, -0.1) is 0 Å². The SMILES string of the molecule is CCC(=O)OC1CC2(C3CCCCC3)OC1(C)C1CCC(C)C1C2OC(=O)c1ccc2ccccc2c1C. The fourth-order valence-corrected chi connectivity index (χ4v) is 8.71. The number of hydrogen-bond acceptors (Lipinski definition) is 5. The zero-order chi connectivity index (χ0) is 26.7. The van der Waals surface area contributed by atoms with E-state index in [-0.39, 0.29) is 36.0 Å². The van der Waals surface area contributed by atoms with Gasteiger partial charge in [-0.05, 0) is 79.7 Å². The Morgan fingerprint density at radius 2 is 1.76 bits per heavy atom. The van der Waals surface area contributed by atoms with Crippen LogP contribution in [0, 0.1) is 30.6 Å². The van der Waals surface area contributed by atoms with Gasteiger partial charge in [-0.2, -0.15) is 0 Å². The Morgan fingerprint density at radius 3 is 2.53 bits per heavy atom. The molecule has 4 aliphatic rings. The Labute approximate surface area is 226 Å². The first kappa shape index (κ1) is 25.9. The van der Waals surface area contributed by atoms with Crippen LogP contribution in [0.2, 0.25) is 0 Å². The molecule has 5 heteroatoms. The molecule has 2 aromatic rings. The van der Waals surface area contributed by atoms with Crippen molar-refractivity contribution in [3.8, 4) is 0 Å². The topological polar surface area (TPSA) is 61.8 Å². The van der Waals surface area contributed by atoms with Crippen molar-refractivity contribution in [3.05, 3.63) is 47.5 Å². The molecule has 2 saturated heterocycles. The van der Waals surface area contributed by atoms with Crippen molar-refractivity contribution in [2.75, 3.05) is 0 Å². The monoisotopic (exact) mass is 518 g/mol. The van der Waals surface area contributed by atoms with Crippen LogP contribution in [0.5, 0.6) is 0 Å². The van der Waals surface area contributed by atoms with E-state index in [1.165, 1.54) is 19.3 Å². The highest BCUT2D eigenvalue weighted by atomic mass is 16.6. The minimum Gasteiger partial charge on any atom is -0.459 e. The van der Waals surface area contributed by atoms with Crippen molar-refractivity contribution >= 4 is 22.7 Å². The van der Waals surface area contributed by atoms with Gasteiger partial charge in [0.15, 0.2) is 0 Å². The van der Waals surface area contributed by atoms with E-state index in [1.807, 2.05) is 38.1 Å². The van der Waals surface area contributed by atoms with Crippen LogP contribution in [0.4, 0.5) is 0 Å². The molecule has 0 amide bonds. The van der Waals surface area contributed by atoms with Gasteiger partial charge in [0, 0.05) is 18.8 Å². The highest BCUT2D eigenvalue weighted by molar-refractivity contribution is 5.98. The smallest absolute Gasteiger partial charge is 0.338 e. The molecule has 0 N–H and O–H groups in total. The zero-order valence-corrected chi connectivity index (χ0v) is 23.3. The lowest BCUT2D eigenvalue weighted by atomic mass is 9.66. The molecular formula is C33H42O5. The molecule has 2 bridgehead atoms. The minimum absolute atomic E-state index is 0.172. The molecule has 2 saturated carbocycles. The third-order valence-electron chi connectivity index (χ3n) is 10.7. The summed E-state index contributed by atoms with van der Waals surface area (Å²) >= 11 is 0. The summed E-state index contributed by atoms with van der Waals surface area (Å²) < 4.78 is 20.1. The van der Waals surface area contributed by atoms with Crippen LogP contribution in [-0.4, -0.2) is 35.3 Å². The predicted octanol–water partition coefficient (Wildman–Crippen LogP) is 7.17. The molecule has 204 valence electrons. The first-order valence-corrected chi connectivity index (χ1v) is 14.9. The van der Waals surface area contributed by atoms with Gasteiger partial charge in [-0.3, -0.25) is 4.79 Å². The molecule has 0 radical (unpaired) electrons. The molecule has 0 spiro atoms. The van der Waals surface area contributed by atoms with E-state index in [1.54, 1.807) is 0 Å². The minimum atomic E-state index is -0.617. The molecule has 38 heavy (non-hydrogen) atoms. The van der Waals surface area contributed by atoms with Crippen LogP contribution < -0.4 is 0 Å². The first-order valence-electron chi connectivity index (χ1n) is 14.9. The Bertz CT molecular complexity index is 1230. The summed E-state index contributed by atoms with van der Waals surface area (Å²) in [6.45, 7) is 8.34. The number of esters is 2. The van der Waals surface area contributed by atoms with Crippen LogP contribution in [0.3, 0.4) is 0 Å². The van der Waals surface area contributed by atoms with Gasteiger partial charge in [0.05, 0.1) is 5.56 Å². The van der Waals surface area contributed by atoms with Gasteiger partial charge >= 0.3 is 11.9 Å². The molecule has 2 aliphatic carbocycles. The molecule has 2 aromatic carbocycles. The summed E-state index contributed by atoms with van der Waals surface area (Å²) in [5, 5.41) is 2.20. The van der Waals surface area contributed by atoms with Crippen molar-refractivity contribution in [1.29, 1.82) is 0 Å². The zero-order valence-electron chi connectivity index (χ0n) is 23.3. The quantitative estimate of drug-likeness (QED) is 0.393. The van der Waals surface area contributed by atoms with E-state index in [0.29, 0.717) is 30.2 Å². The maximum atomic E-state index is 14.0. The largest absolute Gasteiger partial charge is 0.459 e. The van der Waals surface area contributed by atoms with Gasteiger partial charge in [0.1, 0.15) is 23.4 Å². The lowest BCUT2D eigenvalue weighted by Crippen LogP contribution is -2.63. The average Bonchev–Trinajstić information content (AvgIpc) is 3.44. The van der Waals surface area contributed by atoms with E-state index < -0.39 is 11.2 Å². The second-order valence-corrected chi connectivity index (χ2v) is 12.6. The number of aryl methyl sites for hydroxylation is 1. The number of fused-ring (bicyclic) bond motifs is 5. The van der Waals surface area contributed by atoms with Gasteiger partial charge in [-0.25, -0.2) is 4.79 Å². The lowest BCUT2D eigenvalue weighted by Gasteiger charge is -2.54. The molecular weight excluding hydrogens is 476 g/mol. The Kier molecular flexibility index (Phi) is 6.57. The molecule has 5 nitrogen and oxygen atoms in total. The summed E-state index contributed by atoms with van der Waals surface area (Å²) in [7, 11) is 0. The highest BCUT2D eigenvalue weighted by Crippen LogP contribution is 2.64. The molecule has 6 rings (SSSR count). The number of ether oxygens (including phenoxy) is 3. The number of benzene rings is 2. The first-order chi connectivity index (χ1) is 18.3. The predicted molar refractivity (Wildman–Crippen MR) is 147 cm³/mol. The fraction of sp³-hybridized carbons (Fsp3) is 0.636. The molecule has 7 atom stereocenters. The fourth-order valence-electron chi connectivity index (χ4n) is 8.71. The Balaban J connectivity index is 1.42. The molecule has 2 aliphatic heterocycles. The normalized spacial score (nSPS) is 36.7. The molecule has 2 heterocycles. The Hall–Kier alpha value is -2.40. The van der Waals surface area contributed by atoms with Crippen LogP contribution in [0.15, 0.2) is 36.4 Å². The van der Waals surface area contributed by atoms with Crippen LogP contribution >= 0.6 is 0 Å².